The molecule has 3 aromatic heterocycles. The molecule has 0 aromatic carbocycles. The lowest BCUT2D eigenvalue weighted by molar-refractivity contribution is -0.122. The van der Waals surface area contributed by atoms with Crippen molar-refractivity contribution in [3.05, 3.63) is 68.8 Å². The Morgan fingerprint density at radius 2 is 2.21 bits per heavy atom. The third kappa shape index (κ3) is 4.39. The Labute approximate surface area is 167 Å². The molecular formula is C20H23N5O2S. The first-order valence-corrected chi connectivity index (χ1v) is 10.4. The molecule has 0 saturated heterocycles. The van der Waals surface area contributed by atoms with Gasteiger partial charge in [-0.15, -0.1) is 11.3 Å². The zero-order valence-corrected chi connectivity index (χ0v) is 16.4. The van der Waals surface area contributed by atoms with Crippen molar-refractivity contribution in [2.24, 2.45) is 5.92 Å². The summed E-state index contributed by atoms with van der Waals surface area (Å²) in [6.07, 6.45) is 6.37. The molecule has 28 heavy (non-hydrogen) atoms. The Morgan fingerprint density at radius 3 is 3.00 bits per heavy atom. The molecule has 0 radical (unpaired) electrons. The van der Waals surface area contributed by atoms with E-state index in [0.717, 1.165) is 35.5 Å². The Bertz CT molecular complexity index is 978. The second-order valence-corrected chi connectivity index (χ2v) is 8.16. The molecule has 8 heteroatoms. The molecule has 1 aliphatic heterocycles. The van der Waals surface area contributed by atoms with Gasteiger partial charge in [0.25, 0.3) is 0 Å². The Hall–Kier alpha value is -2.74. The molecule has 0 spiro atoms. The monoisotopic (exact) mass is 397 g/mol. The van der Waals surface area contributed by atoms with E-state index in [4.69, 9.17) is 0 Å². The average molecular weight is 398 g/mol. The van der Waals surface area contributed by atoms with Crippen LogP contribution in [-0.4, -0.2) is 25.2 Å². The lowest BCUT2D eigenvalue weighted by Crippen LogP contribution is -2.27. The number of amides is 1. The minimum Gasteiger partial charge on any atom is -0.351 e. The zero-order chi connectivity index (χ0) is 19.3. The molecule has 4 heterocycles. The molecule has 3 aromatic rings. The quantitative estimate of drug-likeness (QED) is 0.691. The van der Waals surface area contributed by atoms with E-state index in [2.05, 4.69) is 15.4 Å². The van der Waals surface area contributed by atoms with Crippen LogP contribution in [0, 0.1) is 5.92 Å². The molecule has 1 unspecified atom stereocenters. The maximum Gasteiger partial charge on any atom is 0.346 e. The molecule has 1 amide bonds. The van der Waals surface area contributed by atoms with E-state index in [9.17, 15) is 9.59 Å². The highest BCUT2D eigenvalue weighted by Crippen LogP contribution is 2.21. The maximum absolute atomic E-state index is 12.7. The zero-order valence-electron chi connectivity index (χ0n) is 15.6. The van der Waals surface area contributed by atoms with Gasteiger partial charge in [0.05, 0.1) is 13.1 Å². The Kier molecular flexibility index (Phi) is 5.66. The maximum atomic E-state index is 12.7. The number of thiophene rings is 1. The summed E-state index contributed by atoms with van der Waals surface area (Å²) in [7, 11) is 0. The Morgan fingerprint density at radius 1 is 1.29 bits per heavy atom. The molecule has 1 atom stereocenters. The molecule has 0 aliphatic carbocycles. The first kappa shape index (κ1) is 18.6. The first-order chi connectivity index (χ1) is 13.7. The summed E-state index contributed by atoms with van der Waals surface area (Å²) in [5.74, 6) is 1.17. The molecule has 7 nitrogen and oxygen atoms in total. The number of carbonyl (C=O) groups excluding carboxylic acids is 1. The van der Waals surface area contributed by atoms with Crippen LogP contribution in [0.3, 0.4) is 0 Å². The first-order valence-electron chi connectivity index (χ1n) is 9.53. The lowest BCUT2D eigenvalue weighted by Gasteiger charge is -2.13. The van der Waals surface area contributed by atoms with Crippen LogP contribution in [0.1, 0.15) is 35.5 Å². The predicted octanol–water partition coefficient (Wildman–Crippen LogP) is 2.21. The molecule has 0 fully saturated rings. The molecule has 4 rings (SSSR count). The molecule has 0 saturated carbocycles. The van der Waals surface area contributed by atoms with E-state index >= 15 is 0 Å². The van der Waals surface area contributed by atoms with Crippen LogP contribution in [0.2, 0.25) is 0 Å². The van der Waals surface area contributed by atoms with Crippen LogP contribution in [0.25, 0.3) is 0 Å². The minimum atomic E-state index is -0.0818. The van der Waals surface area contributed by atoms with Gasteiger partial charge in [0.1, 0.15) is 5.82 Å². The van der Waals surface area contributed by atoms with Crippen LogP contribution in [0.15, 0.2) is 46.8 Å². The van der Waals surface area contributed by atoms with Crippen molar-refractivity contribution in [1.29, 1.82) is 0 Å². The fourth-order valence-corrected chi connectivity index (χ4v) is 4.23. The van der Waals surface area contributed by atoms with E-state index in [1.54, 1.807) is 28.3 Å². The van der Waals surface area contributed by atoms with E-state index < -0.39 is 0 Å². The van der Waals surface area contributed by atoms with E-state index in [1.165, 1.54) is 4.68 Å². The largest absolute Gasteiger partial charge is 0.351 e. The van der Waals surface area contributed by atoms with E-state index in [1.807, 2.05) is 29.6 Å². The number of hydrogen-bond donors (Lipinski definition) is 1. The molecule has 146 valence electrons. The number of hydrogen-bond acceptors (Lipinski definition) is 5. The molecular weight excluding hydrogens is 374 g/mol. The van der Waals surface area contributed by atoms with Gasteiger partial charge >= 0.3 is 5.69 Å². The number of carbonyl (C=O) groups is 1. The highest BCUT2D eigenvalue weighted by Gasteiger charge is 2.22. The van der Waals surface area contributed by atoms with Crippen molar-refractivity contribution in [2.45, 2.75) is 45.3 Å². The van der Waals surface area contributed by atoms with Gasteiger partial charge in [-0.3, -0.25) is 14.3 Å². The number of nitrogens with zero attached hydrogens (tertiary/aromatic N) is 4. The highest BCUT2D eigenvalue weighted by atomic mass is 32.1. The van der Waals surface area contributed by atoms with Gasteiger partial charge in [-0.2, -0.15) is 5.10 Å². The summed E-state index contributed by atoms with van der Waals surface area (Å²) in [6, 6.07) is 7.80. The van der Waals surface area contributed by atoms with Crippen LogP contribution in [-0.2, 0) is 30.8 Å². The van der Waals surface area contributed by atoms with Gasteiger partial charge < -0.3 is 5.32 Å². The number of aromatic nitrogens is 4. The standard InChI is InChI=1S/C20H23N5O2S/c26-19(22-13-17-4-2-10-28-17)11-15-5-6-18-23-25(20(27)24(18)9-7-15)14-16-3-1-8-21-12-16/h1-4,8,10,12,15H,5-7,9,11,13-14H2,(H,22,26). The second-order valence-electron chi connectivity index (χ2n) is 7.12. The van der Waals surface area contributed by atoms with Crippen molar-refractivity contribution in [1.82, 2.24) is 24.6 Å². The smallest absolute Gasteiger partial charge is 0.346 e. The van der Waals surface area contributed by atoms with Gasteiger partial charge in [-0.1, -0.05) is 12.1 Å². The van der Waals surface area contributed by atoms with Crippen LogP contribution in [0.5, 0.6) is 0 Å². The van der Waals surface area contributed by atoms with E-state index in [-0.39, 0.29) is 17.5 Å². The average Bonchev–Trinajstić information content (AvgIpc) is 3.27. The van der Waals surface area contributed by atoms with Gasteiger partial charge in [-0.05, 0) is 41.8 Å². The van der Waals surface area contributed by atoms with Gasteiger partial charge in [0.2, 0.25) is 5.91 Å². The van der Waals surface area contributed by atoms with Crippen molar-refractivity contribution in [2.75, 3.05) is 0 Å². The summed E-state index contributed by atoms with van der Waals surface area (Å²) < 4.78 is 3.28. The summed E-state index contributed by atoms with van der Waals surface area (Å²) in [6.45, 7) is 1.63. The molecule has 1 N–H and O–H groups in total. The van der Waals surface area contributed by atoms with Crippen molar-refractivity contribution in [3.63, 3.8) is 0 Å². The Balaban J connectivity index is 1.34. The summed E-state index contributed by atoms with van der Waals surface area (Å²) >= 11 is 1.64. The van der Waals surface area contributed by atoms with Gasteiger partial charge in [0.15, 0.2) is 0 Å². The molecule has 1 aliphatic rings. The van der Waals surface area contributed by atoms with Gasteiger partial charge in [0, 0.05) is 36.7 Å². The predicted molar refractivity (Wildman–Crippen MR) is 107 cm³/mol. The summed E-state index contributed by atoms with van der Waals surface area (Å²) in [4.78, 5) is 30.2. The fourth-order valence-electron chi connectivity index (χ4n) is 3.59. The topological polar surface area (TPSA) is 81.8 Å². The third-order valence-corrected chi connectivity index (χ3v) is 5.98. The van der Waals surface area contributed by atoms with Gasteiger partial charge in [-0.25, -0.2) is 9.48 Å². The molecule has 0 bridgehead atoms. The van der Waals surface area contributed by atoms with Crippen molar-refractivity contribution in [3.8, 4) is 0 Å². The number of pyridine rings is 1. The van der Waals surface area contributed by atoms with E-state index in [0.29, 0.717) is 26.1 Å². The fraction of sp³-hybridized carbons (Fsp3) is 0.400. The number of aryl methyl sites for hydroxylation is 1. The lowest BCUT2D eigenvalue weighted by atomic mass is 9.96. The van der Waals surface area contributed by atoms with Crippen LogP contribution < -0.4 is 11.0 Å². The highest BCUT2D eigenvalue weighted by molar-refractivity contribution is 7.09. The van der Waals surface area contributed by atoms with Crippen molar-refractivity contribution >= 4 is 17.2 Å². The normalized spacial score (nSPS) is 16.4. The summed E-state index contributed by atoms with van der Waals surface area (Å²) in [5, 5.41) is 9.53. The SMILES string of the molecule is O=C(CC1CCc2nn(Cc3cccnc3)c(=O)n2CC1)NCc1cccs1. The number of rotatable bonds is 6. The third-order valence-electron chi connectivity index (χ3n) is 5.11. The number of nitrogens with one attached hydrogen (secondary N) is 1. The second kappa shape index (κ2) is 8.52. The van der Waals surface area contributed by atoms with Crippen LogP contribution >= 0.6 is 11.3 Å². The van der Waals surface area contributed by atoms with Crippen LogP contribution in [0.4, 0.5) is 0 Å². The summed E-state index contributed by atoms with van der Waals surface area (Å²) in [5.41, 5.74) is 0.875. The minimum absolute atomic E-state index is 0.0759. The number of fused-ring (bicyclic) bond motifs is 1. The van der Waals surface area contributed by atoms with Crippen molar-refractivity contribution < 1.29 is 4.79 Å².